The van der Waals surface area contributed by atoms with Gasteiger partial charge in [0.1, 0.15) is 12.7 Å². The highest BCUT2D eigenvalue weighted by atomic mass is 16.5. The van der Waals surface area contributed by atoms with Crippen LogP contribution in [0.15, 0.2) is 42.5 Å². The number of carbonyl (C=O) groups is 2. The number of nitrogens with zero attached hydrogens (tertiary/aromatic N) is 1. The number of aromatic nitrogens is 1. The Labute approximate surface area is 137 Å². The number of alkyl carbamates (subject to hydrolysis) is 1. The highest BCUT2D eigenvalue weighted by Crippen LogP contribution is 2.21. The Bertz CT molecular complexity index is 678. The molecule has 0 fully saturated rings. The second kappa shape index (κ2) is 8.02. The first-order chi connectivity index (χ1) is 11.5. The van der Waals surface area contributed by atoms with Gasteiger partial charge >= 0.3 is 6.09 Å². The molecule has 0 aliphatic carbocycles. The minimum absolute atomic E-state index is 0.0106. The van der Waals surface area contributed by atoms with Crippen LogP contribution in [0.25, 0.3) is 0 Å². The van der Waals surface area contributed by atoms with E-state index in [9.17, 15) is 24.9 Å². The van der Waals surface area contributed by atoms with Crippen LogP contribution < -0.4 is 5.32 Å². The summed E-state index contributed by atoms with van der Waals surface area (Å²) < 4.78 is 5.56. The maximum absolute atomic E-state index is 11.9. The molecule has 4 N–H and O–H groups in total. The minimum Gasteiger partial charge on any atom is -0.494 e. The number of rotatable bonds is 6. The standard InChI is InChI=1S/C16H18N2O6/c19-12(15(22)18-13(20)6-7-14(18)21)8-9-17-16(23)24-10-11-4-2-1-3-5-11/h1-7,12,19-21H,8-10H2,(H,17,23)/t12-/m0/s1. The molecule has 1 amide bonds. The lowest BCUT2D eigenvalue weighted by atomic mass is 10.2. The van der Waals surface area contributed by atoms with Crippen molar-refractivity contribution in [2.75, 3.05) is 6.54 Å². The molecule has 0 spiro atoms. The number of aromatic hydroxyl groups is 2. The summed E-state index contributed by atoms with van der Waals surface area (Å²) in [5.74, 6) is -1.85. The van der Waals surface area contributed by atoms with Crippen molar-refractivity contribution in [2.45, 2.75) is 19.1 Å². The van der Waals surface area contributed by atoms with Gasteiger partial charge in [0.2, 0.25) is 11.8 Å². The Morgan fingerprint density at radius 1 is 1.08 bits per heavy atom. The monoisotopic (exact) mass is 334 g/mol. The van der Waals surface area contributed by atoms with Gasteiger partial charge in [0.25, 0.3) is 5.91 Å². The zero-order chi connectivity index (χ0) is 17.5. The van der Waals surface area contributed by atoms with Crippen LogP contribution in [0.5, 0.6) is 11.8 Å². The molecule has 1 aromatic heterocycles. The van der Waals surface area contributed by atoms with Gasteiger partial charge in [0.05, 0.1) is 0 Å². The molecule has 128 valence electrons. The average molecular weight is 334 g/mol. The molecule has 1 aromatic carbocycles. The number of hydrogen-bond acceptors (Lipinski definition) is 6. The van der Waals surface area contributed by atoms with Crippen molar-refractivity contribution in [3.63, 3.8) is 0 Å². The molecule has 8 heteroatoms. The van der Waals surface area contributed by atoms with E-state index in [4.69, 9.17) is 4.74 Å². The third kappa shape index (κ3) is 4.50. The van der Waals surface area contributed by atoms with E-state index in [0.717, 1.165) is 17.7 Å². The molecule has 2 aromatic rings. The minimum atomic E-state index is -1.50. The molecule has 0 aliphatic rings. The Balaban J connectivity index is 1.73. The van der Waals surface area contributed by atoms with E-state index < -0.39 is 29.9 Å². The summed E-state index contributed by atoms with van der Waals surface area (Å²) >= 11 is 0. The zero-order valence-corrected chi connectivity index (χ0v) is 12.8. The lowest BCUT2D eigenvalue weighted by Gasteiger charge is -2.12. The summed E-state index contributed by atoms with van der Waals surface area (Å²) in [6.45, 7) is 0.0998. The van der Waals surface area contributed by atoms with Crippen LogP contribution in [0.2, 0.25) is 0 Å². The van der Waals surface area contributed by atoms with Gasteiger partial charge in [-0.3, -0.25) is 4.79 Å². The van der Waals surface area contributed by atoms with E-state index in [1.807, 2.05) is 30.3 Å². The first-order valence-electron chi connectivity index (χ1n) is 7.25. The normalized spacial score (nSPS) is 11.7. The first-order valence-corrected chi connectivity index (χ1v) is 7.25. The molecule has 0 radical (unpaired) electrons. The number of carbonyl (C=O) groups excluding carboxylic acids is 2. The van der Waals surface area contributed by atoms with Gasteiger partial charge in [0, 0.05) is 18.7 Å². The lowest BCUT2D eigenvalue weighted by molar-refractivity contribution is 0.0615. The van der Waals surface area contributed by atoms with E-state index >= 15 is 0 Å². The third-order valence-electron chi connectivity index (χ3n) is 3.24. The Kier molecular flexibility index (Phi) is 5.80. The third-order valence-corrected chi connectivity index (χ3v) is 3.24. The summed E-state index contributed by atoms with van der Waals surface area (Å²) in [5, 5.41) is 31.0. The molecular weight excluding hydrogens is 316 g/mol. The summed E-state index contributed by atoms with van der Waals surface area (Å²) in [4.78, 5) is 23.4. The number of ether oxygens (including phenoxy) is 1. The van der Waals surface area contributed by atoms with Crippen LogP contribution >= 0.6 is 0 Å². The number of amides is 1. The molecule has 0 saturated heterocycles. The molecule has 0 saturated carbocycles. The van der Waals surface area contributed by atoms with Crippen molar-refractivity contribution in [1.29, 1.82) is 0 Å². The number of hydrogen-bond donors (Lipinski definition) is 4. The fourth-order valence-electron chi connectivity index (χ4n) is 2.00. The summed E-state index contributed by atoms with van der Waals surface area (Å²) in [6.07, 6.45) is -2.27. The van der Waals surface area contributed by atoms with Gasteiger partial charge in [-0.2, -0.15) is 0 Å². The van der Waals surface area contributed by atoms with Crippen molar-refractivity contribution in [3.05, 3.63) is 48.0 Å². The van der Waals surface area contributed by atoms with E-state index in [2.05, 4.69) is 5.32 Å². The van der Waals surface area contributed by atoms with E-state index in [0.29, 0.717) is 4.57 Å². The molecule has 2 rings (SSSR count). The Morgan fingerprint density at radius 2 is 1.71 bits per heavy atom. The van der Waals surface area contributed by atoms with Crippen LogP contribution in [-0.4, -0.2) is 44.5 Å². The summed E-state index contributed by atoms with van der Waals surface area (Å²) in [6, 6.07) is 11.4. The van der Waals surface area contributed by atoms with E-state index in [-0.39, 0.29) is 19.6 Å². The van der Waals surface area contributed by atoms with Crippen molar-refractivity contribution in [2.24, 2.45) is 0 Å². The zero-order valence-electron chi connectivity index (χ0n) is 12.8. The van der Waals surface area contributed by atoms with Crippen molar-refractivity contribution in [3.8, 4) is 11.8 Å². The maximum atomic E-state index is 11.9. The predicted molar refractivity (Wildman–Crippen MR) is 83.6 cm³/mol. The second-order valence-electron chi connectivity index (χ2n) is 5.02. The lowest BCUT2D eigenvalue weighted by Crippen LogP contribution is -2.32. The largest absolute Gasteiger partial charge is 0.494 e. The molecule has 24 heavy (non-hydrogen) atoms. The van der Waals surface area contributed by atoms with Gasteiger partial charge in [-0.05, 0) is 12.0 Å². The quantitative estimate of drug-likeness (QED) is 0.630. The summed E-state index contributed by atoms with van der Waals surface area (Å²) in [5.41, 5.74) is 0.835. The van der Waals surface area contributed by atoms with Crippen molar-refractivity contribution < 1.29 is 29.6 Å². The average Bonchev–Trinajstić information content (AvgIpc) is 2.91. The smallest absolute Gasteiger partial charge is 0.407 e. The second-order valence-corrected chi connectivity index (χ2v) is 5.02. The van der Waals surface area contributed by atoms with E-state index in [1.54, 1.807) is 0 Å². The highest BCUT2D eigenvalue weighted by Gasteiger charge is 2.22. The molecule has 1 atom stereocenters. The van der Waals surface area contributed by atoms with Crippen LogP contribution in [-0.2, 0) is 11.3 Å². The number of nitrogens with one attached hydrogen (secondary N) is 1. The van der Waals surface area contributed by atoms with Gasteiger partial charge in [-0.15, -0.1) is 0 Å². The van der Waals surface area contributed by atoms with Crippen LogP contribution in [0, 0.1) is 0 Å². The van der Waals surface area contributed by atoms with Crippen LogP contribution in [0.3, 0.4) is 0 Å². The number of benzene rings is 1. The molecule has 8 nitrogen and oxygen atoms in total. The van der Waals surface area contributed by atoms with Gasteiger partial charge < -0.3 is 25.4 Å². The fraction of sp³-hybridized carbons (Fsp3) is 0.250. The Hall–Kier alpha value is -3.00. The van der Waals surface area contributed by atoms with Crippen LogP contribution in [0.1, 0.15) is 16.8 Å². The van der Waals surface area contributed by atoms with Crippen LogP contribution in [0.4, 0.5) is 4.79 Å². The molecule has 0 aliphatic heterocycles. The van der Waals surface area contributed by atoms with Gasteiger partial charge in [0.15, 0.2) is 0 Å². The van der Waals surface area contributed by atoms with E-state index in [1.165, 1.54) is 0 Å². The first kappa shape index (κ1) is 17.4. The van der Waals surface area contributed by atoms with Crippen molar-refractivity contribution in [1.82, 2.24) is 9.88 Å². The Morgan fingerprint density at radius 3 is 2.33 bits per heavy atom. The maximum Gasteiger partial charge on any atom is 0.407 e. The molecule has 0 bridgehead atoms. The summed E-state index contributed by atoms with van der Waals surface area (Å²) in [7, 11) is 0. The fourth-order valence-corrected chi connectivity index (χ4v) is 2.00. The van der Waals surface area contributed by atoms with Crippen molar-refractivity contribution >= 4 is 12.0 Å². The molecular formula is C16H18N2O6. The molecule has 1 heterocycles. The van der Waals surface area contributed by atoms with Gasteiger partial charge in [-0.1, -0.05) is 30.3 Å². The topological polar surface area (TPSA) is 121 Å². The highest BCUT2D eigenvalue weighted by molar-refractivity contribution is 5.86. The van der Waals surface area contributed by atoms with Gasteiger partial charge in [-0.25, -0.2) is 9.36 Å². The molecule has 0 unspecified atom stereocenters. The predicted octanol–water partition coefficient (Wildman–Crippen LogP) is 1.22. The number of aliphatic hydroxyl groups excluding tert-OH is 1. The SMILES string of the molecule is O=C(NCC[C@H](O)C(=O)n1c(O)ccc1O)OCc1ccccc1. The number of aliphatic hydroxyl groups is 1.